The molecular weight excluding hydrogens is 228 g/mol. The van der Waals surface area contributed by atoms with Crippen molar-refractivity contribution in [2.75, 3.05) is 31.7 Å². The van der Waals surface area contributed by atoms with Crippen molar-refractivity contribution in [3.63, 3.8) is 0 Å². The number of nitrogens with zero attached hydrogens (tertiary/aromatic N) is 2. The minimum absolute atomic E-state index is 0.445. The largest absolute Gasteiger partial charge is 0.387 e. The van der Waals surface area contributed by atoms with E-state index in [1.54, 1.807) is 7.11 Å². The molecule has 0 radical (unpaired) electrons. The second-order valence-electron chi connectivity index (χ2n) is 4.92. The van der Waals surface area contributed by atoms with Gasteiger partial charge in [0.05, 0.1) is 30.3 Å². The summed E-state index contributed by atoms with van der Waals surface area (Å²) in [7, 11) is 1.76. The molecule has 4 nitrogen and oxygen atoms in total. The van der Waals surface area contributed by atoms with Crippen molar-refractivity contribution in [2.24, 2.45) is 5.92 Å². The number of rotatable bonds is 5. The van der Waals surface area contributed by atoms with E-state index >= 15 is 0 Å². The zero-order chi connectivity index (χ0) is 13.0. The number of aliphatic hydroxyl groups is 1. The van der Waals surface area contributed by atoms with Crippen LogP contribution in [0.25, 0.3) is 0 Å². The highest BCUT2D eigenvalue weighted by atomic mass is 16.5. The van der Waals surface area contributed by atoms with Crippen LogP contribution in [0, 0.1) is 5.92 Å². The lowest BCUT2D eigenvalue weighted by atomic mass is 10.1. The van der Waals surface area contributed by atoms with Gasteiger partial charge < -0.3 is 14.7 Å². The first kappa shape index (κ1) is 13.3. The predicted octanol–water partition coefficient (Wildman–Crippen LogP) is 2.00. The summed E-state index contributed by atoms with van der Waals surface area (Å²) in [5.41, 5.74) is 1.90. The average molecular weight is 250 g/mol. The molecule has 1 aliphatic rings. The topological polar surface area (TPSA) is 45.6 Å². The molecule has 2 rings (SSSR count). The highest BCUT2D eigenvalue weighted by molar-refractivity contribution is 5.45. The molecular formula is C14H22N2O2. The van der Waals surface area contributed by atoms with Gasteiger partial charge >= 0.3 is 0 Å². The molecule has 0 spiro atoms. The molecule has 0 saturated carbocycles. The molecule has 0 bridgehead atoms. The van der Waals surface area contributed by atoms with Crippen LogP contribution in [0.2, 0.25) is 0 Å². The van der Waals surface area contributed by atoms with Crippen LogP contribution in [0.4, 0.5) is 5.69 Å². The summed E-state index contributed by atoms with van der Waals surface area (Å²) in [4.78, 5) is 6.67. The first-order chi connectivity index (χ1) is 8.74. The van der Waals surface area contributed by atoms with Crippen molar-refractivity contribution in [3.8, 4) is 0 Å². The van der Waals surface area contributed by atoms with E-state index in [0.29, 0.717) is 12.3 Å². The van der Waals surface area contributed by atoms with E-state index in [4.69, 9.17) is 4.74 Å². The highest BCUT2D eigenvalue weighted by Crippen LogP contribution is 2.24. The van der Waals surface area contributed by atoms with Gasteiger partial charge in [0.25, 0.3) is 0 Å². The SMILES string of the molecule is CCC(O)c1ccc(N2CCC(COC)C2)cn1. The minimum atomic E-state index is -0.445. The van der Waals surface area contributed by atoms with E-state index < -0.39 is 6.10 Å². The fourth-order valence-electron chi connectivity index (χ4n) is 2.43. The number of hydrogen-bond donors (Lipinski definition) is 1. The normalized spacial score (nSPS) is 21.3. The summed E-state index contributed by atoms with van der Waals surface area (Å²) in [6, 6.07) is 3.98. The van der Waals surface area contributed by atoms with Gasteiger partial charge in [0.15, 0.2) is 0 Å². The number of ether oxygens (including phenoxy) is 1. The Labute approximate surface area is 109 Å². The second-order valence-corrected chi connectivity index (χ2v) is 4.92. The van der Waals surface area contributed by atoms with Crippen molar-refractivity contribution in [1.29, 1.82) is 0 Å². The Balaban J connectivity index is 1.98. The van der Waals surface area contributed by atoms with Crippen LogP contribution >= 0.6 is 0 Å². The fourth-order valence-corrected chi connectivity index (χ4v) is 2.43. The smallest absolute Gasteiger partial charge is 0.0957 e. The zero-order valence-corrected chi connectivity index (χ0v) is 11.2. The maximum atomic E-state index is 9.70. The quantitative estimate of drug-likeness (QED) is 0.868. The number of aromatic nitrogens is 1. The molecule has 1 aliphatic heterocycles. The molecule has 1 saturated heterocycles. The van der Waals surface area contributed by atoms with Gasteiger partial charge in [-0.25, -0.2) is 0 Å². The Morgan fingerprint density at radius 1 is 1.56 bits per heavy atom. The molecule has 4 heteroatoms. The number of hydrogen-bond acceptors (Lipinski definition) is 4. The molecule has 2 unspecified atom stereocenters. The molecule has 0 aromatic carbocycles. The first-order valence-electron chi connectivity index (χ1n) is 6.62. The monoisotopic (exact) mass is 250 g/mol. The Bertz CT molecular complexity index is 367. The van der Waals surface area contributed by atoms with Crippen LogP contribution in [0.5, 0.6) is 0 Å². The van der Waals surface area contributed by atoms with E-state index in [2.05, 4.69) is 16.0 Å². The van der Waals surface area contributed by atoms with Crippen molar-refractivity contribution >= 4 is 5.69 Å². The van der Waals surface area contributed by atoms with Gasteiger partial charge in [-0.15, -0.1) is 0 Å². The van der Waals surface area contributed by atoms with Crippen LogP contribution in [0.3, 0.4) is 0 Å². The summed E-state index contributed by atoms with van der Waals surface area (Å²) in [5.74, 6) is 0.621. The van der Waals surface area contributed by atoms with Crippen LogP contribution in [-0.2, 0) is 4.74 Å². The van der Waals surface area contributed by atoms with Crippen LogP contribution in [-0.4, -0.2) is 36.9 Å². The van der Waals surface area contributed by atoms with Gasteiger partial charge in [0.1, 0.15) is 0 Å². The molecule has 2 atom stereocenters. The second kappa shape index (κ2) is 6.16. The van der Waals surface area contributed by atoms with Crippen molar-refractivity contribution < 1.29 is 9.84 Å². The van der Waals surface area contributed by atoms with Crippen LogP contribution in [0.1, 0.15) is 31.6 Å². The molecule has 18 heavy (non-hydrogen) atoms. The summed E-state index contributed by atoms with van der Waals surface area (Å²) in [6.07, 6.45) is 3.29. The Kier molecular flexibility index (Phi) is 4.55. The van der Waals surface area contributed by atoms with E-state index in [0.717, 1.165) is 31.1 Å². The Hall–Kier alpha value is -1.13. The summed E-state index contributed by atoms with van der Waals surface area (Å²) in [5, 5.41) is 9.70. The maximum absolute atomic E-state index is 9.70. The zero-order valence-electron chi connectivity index (χ0n) is 11.2. The summed E-state index contributed by atoms with van der Waals surface area (Å²) in [6.45, 7) is 4.88. The standard InChI is InChI=1S/C14H22N2O2/c1-3-14(17)13-5-4-12(8-15-13)16-7-6-11(9-16)10-18-2/h4-5,8,11,14,17H,3,6-7,9-10H2,1-2H3. The molecule has 1 aromatic heterocycles. The number of pyridine rings is 1. The van der Waals surface area contributed by atoms with Crippen LogP contribution < -0.4 is 4.90 Å². The van der Waals surface area contributed by atoms with Gasteiger partial charge in [0.2, 0.25) is 0 Å². The summed E-state index contributed by atoms with van der Waals surface area (Å²) >= 11 is 0. The molecule has 2 heterocycles. The predicted molar refractivity (Wildman–Crippen MR) is 71.7 cm³/mol. The number of aliphatic hydroxyl groups excluding tert-OH is 1. The maximum Gasteiger partial charge on any atom is 0.0957 e. The van der Waals surface area contributed by atoms with Gasteiger partial charge in [-0.05, 0) is 25.0 Å². The lowest BCUT2D eigenvalue weighted by molar-refractivity contribution is 0.161. The molecule has 1 fully saturated rings. The lowest BCUT2D eigenvalue weighted by Gasteiger charge is -2.19. The molecule has 1 aromatic rings. The third-order valence-corrected chi connectivity index (χ3v) is 3.55. The van der Waals surface area contributed by atoms with Gasteiger partial charge in [-0.1, -0.05) is 6.92 Å². The summed E-state index contributed by atoms with van der Waals surface area (Å²) < 4.78 is 5.20. The first-order valence-corrected chi connectivity index (χ1v) is 6.62. The van der Waals surface area contributed by atoms with Crippen molar-refractivity contribution in [3.05, 3.63) is 24.0 Å². The van der Waals surface area contributed by atoms with E-state index in [1.807, 2.05) is 19.2 Å². The van der Waals surface area contributed by atoms with Gasteiger partial charge in [0, 0.05) is 26.1 Å². The highest BCUT2D eigenvalue weighted by Gasteiger charge is 2.22. The number of methoxy groups -OCH3 is 1. The lowest BCUT2D eigenvalue weighted by Crippen LogP contribution is -2.21. The molecule has 0 amide bonds. The minimum Gasteiger partial charge on any atom is -0.387 e. The van der Waals surface area contributed by atoms with E-state index in [9.17, 15) is 5.11 Å². The molecule has 100 valence electrons. The fraction of sp³-hybridized carbons (Fsp3) is 0.643. The number of anilines is 1. The average Bonchev–Trinajstić information content (AvgIpc) is 2.87. The third-order valence-electron chi connectivity index (χ3n) is 3.55. The molecule has 0 aliphatic carbocycles. The van der Waals surface area contributed by atoms with E-state index in [-0.39, 0.29) is 0 Å². The van der Waals surface area contributed by atoms with Crippen LogP contribution in [0.15, 0.2) is 18.3 Å². The van der Waals surface area contributed by atoms with Gasteiger partial charge in [-0.3, -0.25) is 4.98 Å². The molecule has 1 N–H and O–H groups in total. The Morgan fingerprint density at radius 2 is 2.39 bits per heavy atom. The van der Waals surface area contributed by atoms with Crippen molar-refractivity contribution in [1.82, 2.24) is 4.98 Å². The third kappa shape index (κ3) is 3.00. The Morgan fingerprint density at radius 3 is 3.00 bits per heavy atom. The van der Waals surface area contributed by atoms with Gasteiger partial charge in [-0.2, -0.15) is 0 Å². The van der Waals surface area contributed by atoms with E-state index in [1.165, 1.54) is 6.42 Å². The van der Waals surface area contributed by atoms with Crippen molar-refractivity contribution in [2.45, 2.75) is 25.9 Å².